The van der Waals surface area contributed by atoms with Crippen LogP contribution in [0.5, 0.6) is 5.75 Å². The Morgan fingerprint density at radius 1 is 1.60 bits per heavy atom. The standard InChI is InChI=1S/C11H21N3O/c1-4-5-14-8-11(7-13-14)15-9-10(2)6-12-3/h7-8,10,12H,4-6,9H2,1-3H3. The molecule has 4 heteroatoms. The summed E-state index contributed by atoms with van der Waals surface area (Å²) in [5, 5.41) is 7.33. The fourth-order valence-electron chi connectivity index (χ4n) is 1.42. The molecule has 1 N–H and O–H groups in total. The molecule has 1 rings (SSSR count). The van der Waals surface area contributed by atoms with Crippen molar-refractivity contribution in [3.63, 3.8) is 0 Å². The summed E-state index contributed by atoms with van der Waals surface area (Å²) in [6.45, 7) is 6.96. The minimum Gasteiger partial charge on any atom is -0.490 e. The lowest BCUT2D eigenvalue weighted by molar-refractivity contribution is 0.258. The van der Waals surface area contributed by atoms with Crippen LogP contribution in [0.15, 0.2) is 12.4 Å². The summed E-state index contributed by atoms with van der Waals surface area (Å²) in [5.74, 6) is 1.39. The zero-order valence-corrected chi connectivity index (χ0v) is 9.86. The van der Waals surface area contributed by atoms with E-state index in [1.807, 2.05) is 17.9 Å². The summed E-state index contributed by atoms with van der Waals surface area (Å²) < 4.78 is 7.54. The highest BCUT2D eigenvalue weighted by atomic mass is 16.5. The van der Waals surface area contributed by atoms with E-state index in [-0.39, 0.29) is 0 Å². The van der Waals surface area contributed by atoms with E-state index in [0.717, 1.165) is 31.9 Å². The van der Waals surface area contributed by atoms with Crippen LogP contribution in [0.1, 0.15) is 20.3 Å². The molecule has 0 amide bonds. The number of rotatable bonds is 7. The van der Waals surface area contributed by atoms with Gasteiger partial charge in [0.15, 0.2) is 5.75 Å². The van der Waals surface area contributed by atoms with Crippen LogP contribution in [0.25, 0.3) is 0 Å². The monoisotopic (exact) mass is 211 g/mol. The summed E-state index contributed by atoms with van der Waals surface area (Å²) in [7, 11) is 1.95. The van der Waals surface area contributed by atoms with Gasteiger partial charge in [-0.25, -0.2) is 0 Å². The van der Waals surface area contributed by atoms with Crippen LogP contribution < -0.4 is 10.1 Å². The van der Waals surface area contributed by atoms with Crippen molar-refractivity contribution in [2.45, 2.75) is 26.8 Å². The van der Waals surface area contributed by atoms with Crippen LogP contribution in [0.3, 0.4) is 0 Å². The molecule has 0 fully saturated rings. The lowest BCUT2D eigenvalue weighted by atomic mass is 10.2. The Balaban J connectivity index is 2.30. The largest absolute Gasteiger partial charge is 0.490 e. The van der Waals surface area contributed by atoms with E-state index in [2.05, 4.69) is 24.3 Å². The fraction of sp³-hybridized carbons (Fsp3) is 0.727. The van der Waals surface area contributed by atoms with Crippen LogP contribution in [0.4, 0.5) is 0 Å². The molecule has 0 saturated carbocycles. The Hall–Kier alpha value is -1.03. The summed E-state index contributed by atoms with van der Waals surface area (Å²) in [4.78, 5) is 0. The van der Waals surface area contributed by atoms with Gasteiger partial charge in [-0.05, 0) is 13.5 Å². The van der Waals surface area contributed by atoms with Gasteiger partial charge in [-0.2, -0.15) is 5.10 Å². The molecule has 1 aromatic heterocycles. The smallest absolute Gasteiger partial charge is 0.157 e. The first-order valence-electron chi connectivity index (χ1n) is 5.56. The average molecular weight is 211 g/mol. The van der Waals surface area contributed by atoms with Gasteiger partial charge < -0.3 is 10.1 Å². The van der Waals surface area contributed by atoms with Gasteiger partial charge in [0.1, 0.15) is 0 Å². The molecule has 0 radical (unpaired) electrons. The van der Waals surface area contributed by atoms with Crippen molar-refractivity contribution in [1.82, 2.24) is 15.1 Å². The van der Waals surface area contributed by atoms with Gasteiger partial charge in [-0.1, -0.05) is 13.8 Å². The van der Waals surface area contributed by atoms with Crippen LogP contribution >= 0.6 is 0 Å². The van der Waals surface area contributed by atoms with Crippen molar-refractivity contribution in [2.75, 3.05) is 20.2 Å². The van der Waals surface area contributed by atoms with Crippen LogP contribution in [-0.4, -0.2) is 30.0 Å². The maximum atomic E-state index is 5.62. The molecule has 1 aromatic rings. The molecule has 4 nitrogen and oxygen atoms in total. The quantitative estimate of drug-likeness (QED) is 0.743. The molecule has 1 atom stereocenters. The number of aryl methyl sites for hydroxylation is 1. The van der Waals surface area contributed by atoms with Gasteiger partial charge in [0.05, 0.1) is 19.0 Å². The first-order chi connectivity index (χ1) is 7.26. The number of hydrogen-bond acceptors (Lipinski definition) is 3. The van der Waals surface area contributed by atoms with Gasteiger partial charge >= 0.3 is 0 Å². The van der Waals surface area contributed by atoms with Gasteiger partial charge in [0.25, 0.3) is 0 Å². The highest BCUT2D eigenvalue weighted by Crippen LogP contribution is 2.09. The van der Waals surface area contributed by atoms with Crippen molar-refractivity contribution in [3.8, 4) is 5.75 Å². The third-order valence-corrected chi connectivity index (χ3v) is 2.15. The number of nitrogens with one attached hydrogen (secondary N) is 1. The minimum absolute atomic E-state index is 0.518. The second kappa shape index (κ2) is 6.45. The average Bonchev–Trinajstić information content (AvgIpc) is 2.64. The summed E-state index contributed by atoms with van der Waals surface area (Å²) in [6.07, 6.45) is 4.83. The van der Waals surface area contributed by atoms with Crippen molar-refractivity contribution in [2.24, 2.45) is 5.92 Å². The van der Waals surface area contributed by atoms with Crippen molar-refractivity contribution >= 4 is 0 Å². The molecule has 86 valence electrons. The number of aromatic nitrogens is 2. The Bertz CT molecular complexity index is 273. The molecule has 1 unspecified atom stereocenters. The SMILES string of the molecule is CCCn1cc(OCC(C)CNC)cn1. The van der Waals surface area contributed by atoms with Crippen LogP contribution in [0, 0.1) is 5.92 Å². The second-order valence-corrected chi connectivity index (χ2v) is 3.91. The lowest BCUT2D eigenvalue weighted by Crippen LogP contribution is -2.21. The molecule has 0 spiro atoms. The van der Waals surface area contributed by atoms with E-state index in [0.29, 0.717) is 5.92 Å². The maximum Gasteiger partial charge on any atom is 0.157 e. The Labute approximate surface area is 91.6 Å². The summed E-state index contributed by atoms with van der Waals surface area (Å²) in [6, 6.07) is 0. The van der Waals surface area contributed by atoms with E-state index in [9.17, 15) is 0 Å². The second-order valence-electron chi connectivity index (χ2n) is 3.91. The van der Waals surface area contributed by atoms with E-state index in [1.165, 1.54) is 0 Å². The third kappa shape index (κ3) is 4.34. The number of nitrogens with zero attached hydrogens (tertiary/aromatic N) is 2. The topological polar surface area (TPSA) is 39.1 Å². The van der Waals surface area contributed by atoms with E-state index in [1.54, 1.807) is 6.20 Å². The zero-order valence-electron chi connectivity index (χ0n) is 9.86. The molecule has 0 aromatic carbocycles. The highest BCUT2D eigenvalue weighted by Gasteiger charge is 2.03. The van der Waals surface area contributed by atoms with Gasteiger partial charge in [0, 0.05) is 19.0 Å². The highest BCUT2D eigenvalue weighted by molar-refractivity contribution is 5.11. The normalized spacial score (nSPS) is 12.7. The first kappa shape index (κ1) is 12.0. The predicted molar refractivity (Wildman–Crippen MR) is 61.1 cm³/mol. The molecule has 1 heterocycles. The molecule has 0 aliphatic carbocycles. The van der Waals surface area contributed by atoms with Gasteiger partial charge in [-0.3, -0.25) is 4.68 Å². The van der Waals surface area contributed by atoms with E-state index >= 15 is 0 Å². The molecular formula is C11H21N3O. The molecular weight excluding hydrogens is 190 g/mol. The van der Waals surface area contributed by atoms with Crippen molar-refractivity contribution in [3.05, 3.63) is 12.4 Å². The van der Waals surface area contributed by atoms with Crippen molar-refractivity contribution in [1.29, 1.82) is 0 Å². The fourth-order valence-corrected chi connectivity index (χ4v) is 1.42. The first-order valence-corrected chi connectivity index (χ1v) is 5.56. The molecule has 0 bridgehead atoms. The van der Waals surface area contributed by atoms with Crippen LogP contribution in [0.2, 0.25) is 0 Å². The number of hydrogen-bond donors (Lipinski definition) is 1. The van der Waals surface area contributed by atoms with Gasteiger partial charge in [-0.15, -0.1) is 0 Å². The molecule has 15 heavy (non-hydrogen) atoms. The minimum atomic E-state index is 0.518. The predicted octanol–water partition coefficient (Wildman–Crippen LogP) is 1.53. The van der Waals surface area contributed by atoms with E-state index in [4.69, 9.17) is 4.74 Å². The van der Waals surface area contributed by atoms with Crippen molar-refractivity contribution < 1.29 is 4.74 Å². The van der Waals surface area contributed by atoms with E-state index < -0.39 is 0 Å². The molecule has 0 aliphatic heterocycles. The Morgan fingerprint density at radius 2 is 2.40 bits per heavy atom. The summed E-state index contributed by atoms with van der Waals surface area (Å²) >= 11 is 0. The zero-order chi connectivity index (χ0) is 11.1. The third-order valence-electron chi connectivity index (χ3n) is 2.15. The maximum absolute atomic E-state index is 5.62. The Morgan fingerprint density at radius 3 is 3.07 bits per heavy atom. The molecule has 0 saturated heterocycles. The number of ether oxygens (including phenoxy) is 1. The lowest BCUT2D eigenvalue weighted by Gasteiger charge is -2.10. The molecule has 0 aliphatic rings. The Kier molecular flexibility index (Phi) is 5.18. The summed E-state index contributed by atoms with van der Waals surface area (Å²) in [5.41, 5.74) is 0. The van der Waals surface area contributed by atoms with Crippen LogP contribution in [-0.2, 0) is 6.54 Å². The van der Waals surface area contributed by atoms with Gasteiger partial charge in [0.2, 0.25) is 0 Å².